The van der Waals surface area contributed by atoms with Crippen LogP contribution in [0.2, 0.25) is 0 Å². The normalized spacial score (nSPS) is 10.7. The van der Waals surface area contributed by atoms with Crippen LogP contribution < -0.4 is 5.32 Å². The number of nitrogens with zero attached hydrogens (tertiary/aromatic N) is 1. The second-order valence-electron chi connectivity index (χ2n) is 5.52. The van der Waals surface area contributed by atoms with Crippen molar-refractivity contribution in [3.05, 3.63) is 77.2 Å². The first kappa shape index (κ1) is 18.5. The number of nitrogens with one attached hydrogen (secondary N) is 1. The summed E-state index contributed by atoms with van der Waals surface area (Å²) in [5, 5.41) is 3.06. The van der Waals surface area contributed by atoms with Gasteiger partial charge >= 0.3 is 5.97 Å². The van der Waals surface area contributed by atoms with Crippen LogP contribution in [0.5, 0.6) is 0 Å². The number of rotatable bonds is 6. The third-order valence-corrected chi connectivity index (χ3v) is 4.54. The first-order chi connectivity index (χ1) is 13.2. The maximum Gasteiger partial charge on any atom is 0.350 e. The van der Waals surface area contributed by atoms with Gasteiger partial charge in [-0.25, -0.2) is 9.78 Å². The van der Waals surface area contributed by atoms with Crippen molar-refractivity contribution in [3.63, 3.8) is 0 Å². The average Bonchev–Trinajstić information content (AvgIpc) is 3.12. The van der Waals surface area contributed by atoms with Crippen LogP contribution in [0.15, 0.2) is 66.7 Å². The number of carbonyl (C=O) groups excluding carboxylic acids is 2. The predicted octanol–water partition coefficient (Wildman–Crippen LogP) is 4.64. The summed E-state index contributed by atoms with van der Waals surface area (Å²) in [5.74, 6) is -0.767. The highest BCUT2D eigenvalue weighted by Gasteiger charge is 2.21. The molecule has 2 aromatic carbocycles. The Labute approximate surface area is 161 Å². The summed E-state index contributed by atoms with van der Waals surface area (Å²) in [4.78, 5) is 29.3. The van der Waals surface area contributed by atoms with Gasteiger partial charge in [-0.2, -0.15) is 0 Å². The highest BCUT2D eigenvalue weighted by atomic mass is 32.1. The van der Waals surface area contributed by atoms with Gasteiger partial charge in [0.25, 0.3) is 0 Å². The molecule has 0 saturated heterocycles. The van der Waals surface area contributed by atoms with Crippen LogP contribution in [0.25, 0.3) is 17.3 Å². The summed E-state index contributed by atoms with van der Waals surface area (Å²) in [6.07, 6.45) is 3.15. The molecule has 0 atom stereocenters. The van der Waals surface area contributed by atoms with Crippen molar-refractivity contribution >= 4 is 34.4 Å². The number of esters is 1. The van der Waals surface area contributed by atoms with Gasteiger partial charge in [0.05, 0.1) is 12.3 Å². The minimum absolute atomic E-state index is 0.270. The van der Waals surface area contributed by atoms with Gasteiger partial charge in [-0.05, 0) is 18.6 Å². The van der Waals surface area contributed by atoms with Crippen LogP contribution in [-0.2, 0) is 9.53 Å². The summed E-state index contributed by atoms with van der Waals surface area (Å²) in [5.41, 5.74) is 2.21. The second-order valence-corrected chi connectivity index (χ2v) is 6.52. The van der Waals surface area contributed by atoms with Crippen molar-refractivity contribution in [2.24, 2.45) is 0 Å². The lowest BCUT2D eigenvalue weighted by molar-refractivity contribution is -0.111. The molecule has 0 radical (unpaired) electrons. The lowest BCUT2D eigenvalue weighted by atomic mass is 10.1. The minimum Gasteiger partial charge on any atom is -0.462 e. The Bertz CT molecular complexity index is 950. The van der Waals surface area contributed by atoms with Crippen molar-refractivity contribution < 1.29 is 14.3 Å². The third kappa shape index (κ3) is 4.89. The van der Waals surface area contributed by atoms with E-state index in [9.17, 15) is 9.59 Å². The molecule has 0 fully saturated rings. The fourth-order valence-electron chi connectivity index (χ4n) is 2.38. The first-order valence-corrected chi connectivity index (χ1v) is 9.26. The molecular formula is C21H18N2O3S. The van der Waals surface area contributed by atoms with Gasteiger partial charge in [-0.1, -0.05) is 72.0 Å². The fourth-order valence-corrected chi connectivity index (χ4v) is 3.27. The van der Waals surface area contributed by atoms with E-state index in [-0.39, 0.29) is 12.5 Å². The molecule has 0 aliphatic rings. The van der Waals surface area contributed by atoms with Crippen LogP contribution in [0, 0.1) is 0 Å². The molecule has 0 aliphatic carbocycles. The zero-order valence-corrected chi connectivity index (χ0v) is 15.5. The Hall–Kier alpha value is -3.25. The summed E-state index contributed by atoms with van der Waals surface area (Å²) in [6.45, 7) is 2.02. The minimum atomic E-state index is -0.450. The van der Waals surface area contributed by atoms with Gasteiger partial charge < -0.3 is 4.74 Å². The van der Waals surface area contributed by atoms with E-state index in [2.05, 4.69) is 10.3 Å². The zero-order valence-electron chi connectivity index (χ0n) is 14.7. The first-order valence-electron chi connectivity index (χ1n) is 8.45. The predicted molar refractivity (Wildman–Crippen MR) is 108 cm³/mol. The van der Waals surface area contributed by atoms with E-state index < -0.39 is 5.97 Å². The van der Waals surface area contributed by atoms with E-state index in [1.807, 2.05) is 60.7 Å². The molecule has 3 rings (SSSR count). The number of benzene rings is 2. The zero-order chi connectivity index (χ0) is 19.1. The Morgan fingerprint density at radius 3 is 2.41 bits per heavy atom. The van der Waals surface area contributed by atoms with Crippen LogP contribution >= 0.6 is 11.3 Å². The number of ether oxygens (including phenoxy) is 1. The van der Waals surface area contributed by atoms with Crippen molar-refractivity contribution in [2.45, 2.75) is 6.92 Å². The summed E-state index contributed by atoms with van der Waals surface area (Å²) >= 11 is 1.10. The molecular weight excluding hydrogens is 360 g/mol. The van der Waals surface area contributed by atoms with Gasteiger partial charge in [0.15, 0.2) is 5.13 Å². The van der Waals surface area contributed by atoms with Crippen molar-refractivity contribution in [1.82, 2.24) is 4.98 Å². The van der Waals surface area contributed by atoms with Crippen molar-refractivity contribution in [1.29, 1.82) is 0 Å². The highest BCUT2D eigenvalue weighted by molar-refractivity contribution is 7.18. The molecule has 1 amide bonds. The number of carbonyl (C=O) groups is 2. The monoisotopic (exact) mass is 378 g/mol. The molecule has 1 N–H and O–H groups in total. The van der Waals surface area contributed by atoms with Crippen molar-refractivity contribution in [3.8, 4) is 11.3 Å². The molecule has 0 aliphatic heterocycles. The lowest BCUT2D eigenvalue weighted by Gasteiger charge is -2.01. The van der Waals surface area contributed by atoms with E-state index in [1.54, 1.807) is 13.0 Å². The van der Waals surface area contributed by atoms with E-state index in [1.165, 1.54) is 6.08 Å². The SMILES string of the molecule is CCOC(=O)c1sc(NC(=O)/C=C/c2ccccc2)nc1-c1ccccc1. The van der Waals surface area contributed by atoms with E-state index in [0.29, 0.717) is 15.7 Å². The Balaban J connectivity index is 1.82. The quantitative estimate of drug-likeness (QED) is 0.501. The van der Waals surface area contributed by atoms with Gasteiger partial charge in [0.2, 0.25) is 5.91 Å². The van der Waals surface area contributed by atoms with E-state index in [0.717, 1.165) is 22.5 Å². The highest BCUT2D eigenvalue weighted by Crippen LogP contribution is 2.31. The number of hydrogen-bond acceptors (Lipinski definition) is 5. The number of anilines is 1. The summed E-state index contributed by atoms with van der Waals surface area (Å²) < 4.78 is 5.12. The molecule has 0 saturated carbocycles. The van der Waals surface area contributed by atoms with Gasteiger partial charge in [-0.15, -0.1) is 0 Å². The molecule has 3 aromatic rings. The molecule has 5 nitrogen and oxygen atoms in total. The summed E-state index contributed by atoms with van der Waals surface area (Å²) in [6, 6.07) is 18.9. The van der Waals surface area contributed by atoms with Gasteiger partial charge in [0, 0.05) is 11.6 Å². The van der Waals surface area contributed by atoms with E-state index >= 15 is 0 Å². The molecule has 1 heterocycles. The molecule has 0 bridgehead atoms. The van der Waals surface area contributed by atoms with Gasteiger partial charge in [0.1, 0.15) is 4.88 Å². The maximum absolute atomic E-state index is 12.3. The standard InChI is InChI=1S/C21H18N2O3S/c1-2-26-20(25)19-18(16-11-7-4-8-12-16)23-21(27-19)22-17(24)14-13-15-9-5-3-6-10-15/h3-14H,2H2,1H3,(H,22,23,24)/b14-13+. The molecule has 1 aromatic heterocycles. The van der Waals surface area contributed by atoms with Crippen molar-refractivity contribution in [2.75, 3.05) is 11.9 Å². The molecule has 27 heavy (non-hydrogen) atoms. The molecule has 0 spiro atoms. The third-order valence-electron chi connectivity index (χ3n) is 3.59. The van der Waals surface area contributed by atoms with Crippen LogP contribution in [0.3, 0.4) is 0 Å². The van der Waals surface area contributed by atoms with E-state index in [4.69, 9.17) is 4.74 Å². The number of thiazole rings is 1. The van der Waals surface area contributed by atoms with Crippen LogP contribution in [0.4, 0.5) is 5.13 Å². The maximum atomic E-state index is 12.3. The Morgan fingerprint density at radius 1 is 1.07 bits per heavy atom. The largest absolute Gasteiger partial charge is 0.462 e. The fraction of sp³-hybridized carbons (Fsp3) is 0.0952. The topological polar surface area (TPSA) is 68.3 Å². The van der Waals surface area contributed by atoms with Crippen LogP contribution in [0.1, 0.15) is 22.2 Å². The molecule has 0 unspecified atom stereocenters. The molecule has 136 valence electrons. The second kappa shape index (κ2) is 8.91. The Morgan fingerprint density at radius 2 is 1.74 bits per heavy atom. The van der Waals surface area contributed by atoms with Gasteiger partial charge in [-0.3, -0.25) is 10.1 Å². The number of aromatic nitrogens is 1. The Kier molecular flexibility index (Phi) is 6.12. The smallest absolute Gasteiger partial charge is 0.350 e. The number of amides is 1. The number of hydrogen-bond donors (Lipinski definition) is 1. The average molecular weight is 378 g/mol. The molecule has 6 heteroatoms. The lowest BCUT2D eigenvalue weighted by Crippen LogP contribution is -2.07. The van der Waals surface area contributed by atoms with Crippen LogP contribution in [-0.4, -0.2) is 23.5 Å². The summed E-state index contributed by atoms with van der Waals surface area (Å²) in [7, 11) is 0.